The highest BCUT2D eigenvalue weighted by Crippen LogP contribution is 2.41. The third-order valence-electron chi connectivity index (χ3n) is 6.12. The second-order valence-corrected chi connectivity index (χ2v) is 17.1. The predicted octanol–water partition coefficient (Wildman–Crippen LogP) is 6.22. The van der Waals surface area contributed by atoms with Gasteiger partial charge >= 0.3 is 0 Å². The number of aryl methyl sites for hydroxylation is 1. The van der Waals surface area contributed by atoms with Gasteiger partial charge in [0.15, 0.2) is 0 Å². The van der Waals surface area contributed by atoms with Crippen molar-refractivity contribution in [3.63, 3.8) is 0 Å². The Bertz CT molecular complexity index is 982. The first-order chi connectivity index (χ1) is 14.9. The first-order valence-corrected chi connectivity index (χ1v) is 15.5. The molecule has 2 aromatic rings. The van der Waals surface area contributed by atoms with Gasteiger partial charge in [-0.25, -0.2) is 12.5 Å². The Labute approximate surface area is 195 Å². The zero-order chi connectivity index (χ0) is 24.0. The van der Waals surface area contributed by atoms with Crippen LogP contribution in [0.25, 0.3) is 0 Å². The molecule has 7 heteroatoms. The molecular formula is C25H38N2O3SSi. The lowest BCUT2D eigenvalue weighted by atomic mass is 10.1. The van der Waals surface area contributed by atoms with E-state index in [9.17, 15) is 8.42 Å². The van der Waals surface area contributed by atoms with E-state index in [1.807, 2.05) is 56.3 Å². The lowest BCUT2D eigenvalue weighted by molar-refractivity contribution is 0.114. The number of nitrogens with zero attached hydrogens (tertiary/aromatic N) is 2. The molecule has 0 saturated heterocycles. The standard InChI is InChI=1S/C25H38N2O3SSi/c1-21-13-15-24(16-14-21)31(28,29)27(32(6,7)25(3,4)5)26-19-22(2)17-18-30-20-23-11-9-8-10-12-23/h8-16,19,22H,17-18,20H2,1-7H3/b26-19+/t22-/m0/s1. The summed E-state index contributed by atoms with van der Waals surface area (Å²) in [4.78, 5) is 0.281. The number of hydrogen-bond acceptors (Lipinski definition) is 4. The largest absolute Gasteiger partial charge is 0.377 e. The summed E-state index contributed by atoms with van der Waals surface area (Å²) in [5, 5.41) is 4.41. The third-order valence-corrected chi connectivity index (χ3v) is 14.4. The minimum atomic E-state index is -3.75. The molecule has 0 aliphatic heterocycles. The molecule has 2 rings (SSSR count). The highest BCUT2D eigenvalue weighted by atomic mass is 32.2. The lowest BCUT2D eigenvalue weighted by Gasteiger charge is -2.42. The SMILES string of the molecule is Cc1ccc(S(=O)(=O)N(/N=C/[C@@H](C)CCOCc2ccccc2)[Si](C)(C)C(C)(C)C)cc1. The van der Waals surface area contributed by atoms with Crippen LogP contribution in [0.4, 0.5) is 0 Å². The van der Waals surface area contributed by atoms with E-state index in [1.165, 1.54) is 4.08 Å². The Kier molecular flexibility index (Phi) is 8.85. The summed E-state index contributed by atoms with van der Waals surface area (Å²) in [5.41, 5.74) is 2.16. The second-order valence-electron chi connectivity index (χ2n) is 9.94. The van der Waals surface area contributed by atoms with Gasteiger partial charge in [-0.05, 0) is 55.1 Å². The van der Waals surface area contributed by atoms with Crippen molar-refractivity contribution in [1.29, 1.82) is 0 Å². The summed E-state index contributed by atoms with van der Waals surface area (Å²) < 4.78 is 34.4. The number of ether oxygens (including phenoxy) is 1. The van der Waals surface area contributed by atoms with Gasteiger partial charge in [0, 0.05) is 12.8 Å². The van der Waals surface area contributed by atoms with Gasteiger partial charge in [0.1, 0.15) is 0 Å². The second kappa shape index (κ2) is 10.8. The topological polar surface area (TPSA) is 59.0 Å². The first-order valence-electron chi connectivity index (χ1n) is 11.1. The Morgan fingerprint density at radius 3 is 2.22 bits per heavy atom. The molecule has 32 heavy (non-hydrogen) atoms. The van der Waals surface area contributed by atoms with Gasteiger partial charge in [0.05, 0.1) is 11.5 Å². The maximum atomic E-state index is 13.6. The molecule has 2 aromatic carbocycles. The monoisotopic (exact) mass is 474 g/mol. The van der Waals surface area contributed by atoms with Crippen molar-refractivity contribution < 1.29 is 13.2 Å². The molecule has 0 fully saturated rings. The summed E-state index contributed by atoms with van der Waals surface area (Å²) in [6, 6.07) is 17.1. The third kappa shape index (κ3) is 6.77. The smallest absolute Gasteiger partial charge is 0.271 e. The van der Waals surface area contributed by atoms with Crippen LogP contribution in [0.3, 0.4) is 0 Å². The summed E-state index contributed by atoms with van der Waals surface area (Å²) in [5.74, 6) is 0.0891. The van der Waals surface area contributed by atoms with Gasteiger partial charge in [-0.2, -0.15) is 5.10 Å². The Morgan fingerprint density at radius 2 is 1.66 bits per heavy atom. The molecule has 0 spiro atoms. The number of hydrazone groups is 1. The van der Waals surface area contributed by atoms with Crippen LogP contribution in [-0.4, -0.2) is 33.6 Å². The number of sulfonamides is 1. The van der Waals surface area contributed by atoms with Crippen LogP contribution < -0.4 is 0 Å². The van der Waals surface area contributed by atoms with Gasteiger partial charge in [-0.3, -0.25) is 0 Å². The van der Waals surface area contributed by atoms with Crippen molar-refractivity contribution in [1.82, 2.24) is 4.08 Å². The minimum Gasteiger partial charge on any atom is -0.377 e. The number of rotatable bonds is 10. The summed E-state index contributed by atoms with van der Waals surface area (Å²) in [6.07, 6.45) is 2.53. The lowest BCUT2D eigenvalue weighted by Crippen LogP contribution is -2.54. The van der Waals surface area contributed by atoms with Crippen molar-refractivity contribution in [3.05, 3.63) is 65.7 Å². The molecule has 0 aromatic heterocycles. The Morgan fingerprint density at radius 1 is 1.06 bits per heavy atom. The van der Waals surface area contributed by atoms with Crippen LogP contribution >= 0.6 is 0 Å². The maximum absolute atomic E-state index is 13.6. The van der Waals surface area contributed by atoms with E-state index in [2.05, 4.69) is 39.0 Å². The molecule has 176 valence electrons. The molecule has 0 bridgehead atoms. The van der Waals surface area contributed by atoms with E-state index in [0.717, 1.165) is 17.5 Å². The van der Waals surface area contributed by atoms with E-state index in [4.69, 9.17) is 4.74 Å². The normalized spacial score (nSPS) is 14.0. The fourth-order valence-electron chi connectivity index (χ4n) is 2.89. The molecule has 0 N–H and O–H groups in total. The molecule has 0 radical (unpaired) electrons. The van der Waals surface area contributed by atoms with Gasteiger partial charge in [-0.15, -0.1) is 0 Å². The summed E-state index contributed by atoms with van der Waals surface area (Å²) in [7, 11) is -6.25. The van der Waals surface area contributed by atoms with Crippen LogP contribution in [0.5, 0.6) is 0 Å². The van der Waals surface area contributed by atoms with Crippen LogP contribution in [-0.2, 0) is 21.4 Å². The molecule has 0 saturated carbocycles. The molecule has 0 aliphatic carbocycles. The zero-order valence-electron chi connectivity index (χ0n) is 20.5. The molecule has 1 atom stereocenters. The summed E-state index contributed by atoms with van der Waals surface area (Å²) >= 11 is 0. The average Bonchev–Trinajstić information content (AvgIpc) is 2.71. The molecule has 5 nitrogen and oxygen atoms in total. The Balaban J connectivity index is 2.15. The highest BCUT2D eigenvalue weighted by Gasteiger charge is 2.47. The van der Waals surface area contributed by atoms with Crippen molar-refractivity contribution in [2.75, 3.05) is 6.61 Å². The first kappa shape index (κ1) is 26.3. The molecular weight excluding hydrogens is 436 g/mol. The molecule has 0 aliphatic rings. The van der Waals surface area contributed by atoms with Crippen molar-refractivity contribution >= 4 is 24.5 Å². The highest BCUT2D eigenvalue weighted by molar-refractivity contribution is 7.90. The van der Waals surface area contributed by atoms with Gasteiger partial charge in [-0.1, -0.05) is 75.7 Å². The van der Waals surface area contributed by atoms with Crippen molar-refractivity contribution in [2.45, 2.75) is 70.7 Å². The molecule has 0 amide bonds. The van der Waals surface area contributed by atoms with Crippen LogP contribution in [0.2, 0.25) is 18.1 Å². The Hall–Kier alpha value is -1.96. The fraction of sp³-hybridized carbons (Fsp3) is 0.480. The average molecular weight is 475 g/mol. The van der Waals surface area contributed by atoms with E-state index in [-0.39, 0.29) is 15.9 Å². The van der Waals surface area contributed by atoms with Crippen molar-refractivity contribution in [2.24, 2.45) is 11.0 Å². The van der Waals surface area contributed by atoms with Gasteiger partial charge in [0.25, 0.3) is 10.0 Å². The van der Waals surface area contributed by atoms with E-state index < -0.39 is 18.3 Å². The maximum Gasteiger partial charge on any atom is 0.271 e. The van der Waals surface area contributed by atoms with Crippen LogP contribution in [0.1, 0.15) is 45.2 Å². The molecule has 0 unspecified atom stereocenters. The van der Waals surface area contributed by atoms with E-state index >= 15 is 0 Å². The van der Waals surface area contributed by atoms with Gasteiger partial charge < -0.3 is 4.74 Å². The van der Waals surface area contributed by atoms with E-state index in [1.54, 1.807) is 18.3 Å². The minimum absolute atomic E-state index is 0.0891. The zero-order valence-corrected chi connectivity index (χ0v) is 22.3. The molecule has 0 heterocycles. The van der Waals surface area contributed by atoms with Gasteiger partial charge in [0.2, 0.25) is 8.24 Å². The number of benzene rings is 2. The number of hydrogen-bond donors (Lipinski definition) is 0. The van der Waals surface area contributed by atoms with E-state index in [0.29, 0.717) is 13.2 Å². The quantitative estimate of drug-likeness (QED) is 0.178. The summed E-state index contributed by atoms with van der Waals surface area (Å²) in [6.45, 7) is 15.5. The fourth-order valence-corrected chi connectivity index (χ4v) is 8.22. The van der Waals surface area contributed by atoms with Crippen molar-refractivity contribution in [3.8, 4) is 0 Å². The van der Waals surface area contributed by atoms with Crippen LogP contribution in [0.15, 0.2) is 64.6 Å². The van der Waals surface area contributed by atoms with Crippen LogP contribution in [0, 0.1) is 12.8 Å². The predicted molar refractivity (Wildman–Crippen MR) is 136 cm³/mol.